The number of halogens is 1. The van der Waals surface area contributed by atoms with Crippen molar-refractivity contribution in [2.45, 2.75) is 53.0 Å². The molecular formula is C15H27IN4S. The summed E-state index contributed by atoms with van der Waals surface area (Å²) in [6.07, 6.45) is 5.38. The summed E-state index contributed by atoms with van der Waals surface area (Å²) in [6, 6.07) is 0. The van der Waals surface area contributed by atoms with Crippen LogP contribution in [0.3, 0.4) is 0 Å². The van der Waals surface area contributed by atoms with Gasteiger partial charge in [0.15, 0.2) is 5.96 Å². The number of rotatable bonds is 4. The zero-order chi connectivity index (χ0) is 14.6. The molecule has 0 saturated heterocycles. The summed E-state index contributed by atoms with van der Waals surface area (Å²) in [5.74, 6) is 0.892. The minimum absolute atomic E-state index is 0. The molecule has 120 valence electrons. The largest absolute Gasteiger partial charge is 0.356 e. The van der Waals surface area contributed by atoms with E-state index in [0.29, 0.717) is 5.41 Å². The van der Waals surface area contributed by atoms with Gasteiger partial charge in [-0.05, 0) is 32.1 Å². The molecule has 0 amide bonds. The first-order chi connectivity index (χ1) is 9.52. The Morgan fingerprint density at radius 2 is 1.95 bits per heavy atom. The molecule has 0 atom stereocenters. The molecule has 1 aliphatic rings. The molecule has 6 heteroatoms. The van der Waals surface area contributed by atoms with E-state index in [2.05, 4.69) is 41.4 Å². The van der Waals surface area contributed by atoms with Crippen LogP contribution in [-0.4, -0.2) is 24.5 Å². The van der Waals surface area contributed by atoms with Gasteiger partial charge in [-0.2, -0.15) is 0 Å². The van der Waals surface area contributed by atoms with E-state index in [1.807, 2.05) is 7.05 Å². The molecule has 0 radical (unpaired) electrons. The van der Waals surface area contributed by atoms with Crippen molar-refractivity contribution in [2.24, 2.45) is 10.4 Å². The van der Waals surface area contributed by atoms with Crippen molar-refractivity contribution in [1.82, 2.24) is 15.6 Å². The molecule has 4 nitrogen and oxygen atoms in total. The Kier molecular flexibility index (Phi) is 7.39. The van der Waals surface area contributed by atoms with Crippen LogP contribution in [0.2, 0.25) is 0 Å². The standard InChI is InChI=1S/C15H26N4S.HI/c1-11-13(20-12(2)19-11)9-17-14(16-4)18-10-15(3)7-5-6-8-15;/h5-10H2,1-4H3,(H2,16,17,18);1H. The Bertz CT molecular complexity index is 478. The fraction of sp³-hybridized carbons (Fsp3) is 0.733. The molecule has 2 N–H and O–H groups in total. The number of aryl methyl sites for hydroxylation is 2. The second-order valence-electron chi connectivity index (χ2n) is 6.04. The Morgan fingerprint density at radius 3 is 2.48 bits per heavy atom. The van der Waals surface area contributed by atoms with Gasteiger partial charge in [0, 0.05) is 18.5 Å². The lowest BCUT2D eigenvalue weighted by atomic mass is 9.89. The highest BCUT2D eigenvalue weighted by Gasteiger charge is 2.28. The van der Waals surface area contributed by atoms with E-state index in [9.17, 15) is 0 Å². The fourth-order valence-electron chi connectivity index (χ4n) is 2.82. The van der Waals surface area contributed by atoms with Crippen molar-refractivity contribution in [2.75, 3.05) is 13.6 Å². The smallest absolute Gasteiger partial charge is 0.191 e. The van der Waals surface area contributed by atoms with E-state index in [4.69, 9.17) is 0 Å². The highest BCUT2D eigenvalue weighted by Crippen LogP contribution is 2.36. The third-order valence-electron chi connectivity index (χ3n) is 4.13. The number of aliphatic imine (C=N–C) groups is 1. The maximum atomic E-state index is 4.45. The van der Waals surface area contributed by atoms with Gasteiger partial charge in [0.2, 0.25) is 0 Å². The van der Waals surface area contributed by atoms with E-state index in [1.54, 1.807) is 11.3 Å². The monoisotopic (exact) mass is 422 g/mol. The van der Waals surface area contributed by atoms with Crippen LogP contribution in [0.4, 0.5) is 0 Å². The van der Waals surface area contributed by atoms with Crippen LogP contribution in [-0.2, 0) is 6.54 Å². The summed E-state index contributed by atoms with van der Waals surface area (Å²) in [5.41, 5.74) is 1.56. The van der Waals surface area contributed by atoms with Crippen molar-refractivity contribution in [1.29, 1.82) is 0 Å². The molecule has 0 aromatic carbocycles. The molecule has 0 bridgehead atoms. The van der Waals surface area contributed by atoms with E-state index < -0.39 is 0 Å². The average Bonchev–Trinajstić information content (AvgIpc) is 2.97. The Hall–Kier alpha value is -0.370. The van der Waals surface area contributed by atoms with Gasteiger partial charge in [0.25, 0.3) is 0 Å². The van der Waals surface area contributed by atoms with Crippen LogP contribution in [0.1, 0.15) is 48.2 Å². The predicted octanol–water partition coefficient (Wildman–Crippen LogP) is 3.62. The quantitative estimate of drug-likeness (QED) is 0.443. The summed E-state index contributed by atoms with van der Waals surface area (Å²) in [6.45, 7) is 8.30. The molecular weight excluding hydrogens is 395 g/mol. The number of nitrogens with one attached hydrogen (secondary N) is 2. The summed E-state index contributed by atoms with van der Waals surface area (Å²) in [7, 11) is 1.83. The second kappa shape index (κ2) is 8.31. The minimum atomic E-state index is 0. The first-order valence-corrected chi connectivity index (χ1v) is 8.21. The molecule has 1 fully saturated rings. The van der Waals surface area contributed by atoms with Crippen LogP contribution < -0.4 is 10.6 Å². The van der Waals surface area contributed by atoms with Crippen molar-refractivity contribution in [3.8, 4) is 0 Å². The summed E-state index contributed by atoms with van der Waals surface area (Å²) in [4.78, 5) is 10.1. The van der Waals surface area contributed by atoms with E-state index in [1.165, 1.54) is 30.6 Å². The van der Waals surface area contributed by atoms with Gasteiger partial charge < -0.3 is 10.6 Å². The second-order valence-corrected chi connectivity index (χ2v) is 7.33. The summed E-state index contributed by atoms with van der Waals surface area (Å²) in [5, 5.41) is 7.99. The van der Waals surface area contributed by atoms with Gasteiger partial charge >= 0.3 is 0 Å². The molecule has 21 heavy (non-hydrogen) atoms. The van der Waals surface area contributed by atoms with E-state index in [0.717, 1.165) is 29.8 Å². The minimum Gasteiger partial charge on any atom is -0.356 e. The SMILES string of the molecule is CN=C(NCc1sc(C)nc1C)NCC1(C)CCCC1.I. The van der Waals surface area contributed by atoms with E-state index >= 15 is 0 Å². The number of thiazole rings is 1. The maximum absolute atomic E-state index is 4.45. The fourth-order valence-corrected chi connectivity index (χ4v) is 3.70. The third-order valence-corrected chi connectivity index (χ3v) is 5.21. The van der Waals surface area contributed by atoms with Gasteiger partial charge in [0.1, 0.15) is 0 Å². The average molecular weight is 422 g/mol. The normalized spacial score (nSPS) is 17.4. The number of nitrogens with zero attached hydrogens (tertiary/aromatic N) is 2. The first-order valence-electron chi connectivity index (χ1n) is 7.40. The van der Waals surface area contributed by atoms with Crippen LogP contribution in [0.5, 0.6) is 0 Å². The Balaban J connectivity index is 0.00000220. The number of aromatic nitrogens is 1. The summed E-state index contributed by atoms with van der Waals surface area (Å²) < 4.78 is 0. The molecule has 1 saturated carbocycles. The van der Waals surface area contributed by atoms with Gasteiger partial charge in [-0.1, -0.05) is 19.8 Å². The lowest BCUT2D eigenvalue weighted by Gasteiger charge is -2.25. The number of hydrogen-bond acceptors (Lipinski definition) is 3. The molecule has 1 heterocycles. The molecule has 0 spiro atoms. The molecule has 1 aromatic heterocycles. The van der Waals surface area contributed by atoms with Crippen LogP contribution in [0.15, 0.2) is 4.99 Å². The lowest BCUT2D eigenvalue weighted by Crippen LogP contribution is -2.41. The molecule has 0 aliphatic heterocycles. The zero-order valence-electron chi connectivity index (χ0n) is 13.5. The van der Waals surface area contributed by atoms with E-state index in [-0.39, 0.29) is 24.0 Å². The number of hydrogen-bond donors (Lipinski definition) is 2. The van der Waals surface area contributed by atoms with Crippen molar-refractivity contribution < 1.29 is 0 Å². The van der Waals surface area contributed by atoms with Crippen molar-refractivity contribution in [3.63, 3.8) is 0 Å². The molecule has 1 aromatic rings. The van der Waals surface area contributed by atoms with Gasteiger partial charge in [-0.25, -0.2) is 4.98 Å². The zero-order valence-corrected chi connectivity index (χ0v) is 16.6. The van der Waals surface area contributed by atoms with Gasteiger partial charge in [0.05, 0.1) is 17.2 Å². The van der Waals surface area contributed by atoms with Crippen LogP contribution in [0, 0.1) is 19.3 Å². The topological polar surface area (TPSA) is 49.3 Å². The van der Waals surface area contributed by atoms with Gasteiger partial charge in [-0.3, -0.25) is 4.99 Å². The van der Waals surface area contributed by atoms with Gasteiger partial charge in [-0.15, -0.1) is 35.3 Å². The highest BCUT2D eigenvalue weighted by molar-refractivity contribution is 14.0. The van der Waals surface area contributed by atoms with Crippen LogP contribution >= 0.6 is 35.3 Å². The predicted molar refractivity (Wildman–Crippen MR) is 102 cm³/mol. The Morgan fingerprint density at radius 1 is 1.29 bits per heavy atom. The summed E-state index contributed by atoms with van der Waals surface area (Å²) >= 11 is 1.75. The number of guanidine groups is 1. The maximum Gasteiger partial charge on any atom is 0.191 e. The Labute approximate surface area is 149 Å². The molecule has 0 unspecified atom stereocenters. The third kappa shape index (κ3) is 5.39. The van der Waals surface area contributed by atoms with Crippen molar-refractivity contribution in [3.05, 3.63) is 15.6 Å². The lowest BCUT2D eigenvalue weighted by molar-refractivity contribution is 0.334. The van der Waals surface area contributed by atoms with Crippen molar-refractivity contribution >= 4 is 41.3 Å². The highest BCUT2D eigenvalue weighted by atomic mass is 127. The van der Waals surface area contributed by atoms with Crippen LogP contribution in [0.25, 0.3) is 0 Å². The molecule has 2 rings (SSSR count). The first kappa shape index (κ1) is 18.7. The molecule has 1 aliphatic carbocycles.